The Morgan fingerprint density at radius 1 is 1.25 bits per heavy atom. The van der Waals surface area contributed by atoms with Crippen LogP contribution in [0.5, 0.6) is 0 Å². The zero-order valence-electron chi connectivity index (χ0n) is 11.6. The first kappa shape index (κ1) is 14.4. The minimum Gasteiger partial charge on any atom is -0.324 e. The molecule has 2 atom stereocenters. The maximum Gasteiger partial charge on any atom is 0.263 e. The standard InChI is InChI=1S/C13H20ClN3O2S/c1-16-9-15-13(12(16)14)20(18,19)17-7-6-10-4-2-3-5-11(10)8-17/h9-11H,2-8H2,1H3/t10-,11-/m0/s1. The van der Waals surface area contributed by atoms with E-state index >= 15 is 0 Å². The number of hydrogen-bond acceptors (Lipinski definition) is 3. The lowest BCUT2D eigenvalue weighted by Gasteiger charge is -2.40. The molecule has 20 heavy (non-hydrogen) atoms. The van der Waals surface area contributed by atoms with Crippen LogP contribution in [0.15, 0.2) is 11.4 Å². The van der Waals surface area contributed by atoms with Crippen molar-refractivity contribution in [2.45, 2.75) is 37.1 Å². The third kappa shape index (κ3) is 2.38. The Bertz CT molecular complexity index is 599. The molecule has 1 aliphatic carbocycles. The molecule has 0 N–H and O–H groups in total. The Morgan fingerprint density at radius 2 is 1.95 bits per heavy atom. The second-order valence-corrected chi connectivity index (χ2v) is 8.12. The van der Waals surface area contributed by atoms with Crippen molar-refractivity contribution >= 4 is 21.6 Å². The third-order valence-electron chi connectivity index (χ3n) is 4.67. The van der Waals surface area contributed by atoms with Crippen molar-refractivity contribution in [2.75, 3.05) is 13.1 Å². The molecule has 0 unspecified atom stereocenters. The molecule has 2 aliphatic rings. The van der Waals surface area contributed by atoms with Crippen LogP contribution < -0.4 is 0 Å². The fourth-order valence-corrected chi connectivity index (χ4v) is 5.38. The fourth-order valence-electron chi connectivity index (χ4n) is 3.47. The van der Waals surface area contributed by atoms with Crippen molar-refractivity contribution in [2.24, 2.45) is 18.9 Å². The first-order valence-corrected chi connectivity index (χ1v) is 8.99. The molecule has 2 heterocycles. The lowest BCUT2D eigenvalue weighted by Crippen LogP contribution is -2.44. The monoisotopic (exact) mass is 317 g/mol. The molecule has 7 heteroatoms. The van der Waals surface area contributed by atoms with Gasteiger partial charge in [-0.1, -0.05) is 30.9 Å². The second-order valence-electron chi connectivity index (χ2n) is 5.91. The molecule has 0 spiro atoms. The summed E-state index contributed by atoms with van der Waals surface area (Å²) in [5, 5.41) is 0.187. The van der Waals surface area contributed by atoms with E-state index in [1.807, 2.05) is 0 Å². The molecule has 5 nitrogen and oxygen atoms in total. The highest BCUT2D eigenvalue weighted by Crippen LogP contribution is 2.38. The molecule has 2 fully saturated rings. The molecule has 1 aromatic heterocycles. The minimum atomic E-state index is -3.55. The minimum absolute atomic E-state index is 0.00377. The molecular weight excluding hydrogens is 298 g/mol. The molecule has 1 aliphatic heterocycles. The summed E-state index contributed by atoms with van der Waals surface area (Å²) in [4.78, 5) is 3.97. The van der Waals surface area contributed by atoms with Crippen LogP contribution in [0.1, 0.15) is 32.1 Å². The van der Waals surface area contributed by atoms with Gasteiger partial charge in [-0.2, -0.15) is 4.31 Å². The zero-order chi connectivity index (χ0) is 14.3. The molecular formula is C13H20ClN3O2S. The van der Waals surface area contributed by atoms with Crippen molar-refractivity contribution < 1.29 is 8.42 Å². The van der Waals surface area contributed by atoms with Gasteiger partial charge in [0.2, 0.25) is 5.03 Å². The van der Waals surface area contributed by atoms with E-state index in [-0.39, 0.29) is 10.2 Å². The van der Waals surface area contributed by atoms with Gasteiger partial charge in [0.25, 0.3) is 10.0 Å². The van der Waals surface area contributed by atoms with Crippen molar-refractivity contribution in [3.05, 3.63) is 11.5 Å². The van der Waals surface area contributed by atoms with Gasteiger partial charge in [-0.15, -0.1) is 0 Å². The van der Waals surface area contributed by atoms with Crippen molar-refractivity contribution in [1.82, 2.24) is 13.9 Å². The van der Waals surface area contributed by atoms with Crippen LogP contribution in [0.3, 0.4) is 0 Å². The Kier molecular flexibility index (Phi) is 3.81. The van der Waals surface area contributed by atoms with E-state index in [0.29, 0.717) is 24.9 Å². The van der Waals surface area contributed by atoms with Gasteiger partial charge in [0.1, 0.15) is 5.15 Å². The quantitative estimate of drug-likeness (QED) is 0.841. The number of aromatic nitrogens is 2. The highest BCUT2D eigenvalue weighted by molar-refractivity contribution is 7.89. The summed E-state index contributed by atoms with van der Waals surface area (Å²) in [6.07, 6.45) is 7.33. The van der Waals surface area contributed by atoms with Gasteiger partial charge < -0.3 is 4.57 Å². The Balaban J connectivity index is 1.83. The maximum absolute atomic E-state index is 12.7. The highest BCUT2D eigenvalue weighted by Gasteiger charge is 2.38. The summed E-state index contributed by atoms with van der Waals surface area (Å²) in [7, 11) is -1.86. The Morgan fingerprint density at radius 3 is 2.60 bits per heavy atom. The SMILES string of the molecule is Cn1cnc(S(=O)(=O)N2CC[C@@H]3CCCC[C@H]3C2)c1Cl. The average molecular weight is 318 g/mol. The number of halogens is 1. The van der Waals surface area contributed by atoms with Crippen LogP contribution >= 0.6 is 11.6 Å². The number of piperidine rings is 1. The molecule has 1 saturated heterocycles. The summed E-state index contributed by atoms with van der Waals surface area (Å²) in [5.74, 6) is 1.21. The maximum atomic E-state index is 12.7. The summed E-state index contributed by atoms with van der Waals surface area (Å²) < 4.78 is 28.4. The average Bonchev–Trinajstić information content (AvgIpc) is 2.79. The number of nitrogens with zero attached hydrogens (tertiary/aromatic N) is 3. The predicted molar refractivity (Wildman–Crippen MR) is 77.0 cm³/mol. The lowest BCUT2D eigenvalue weighted by atomic mass is 9.76. The van der Waals surface area contributed by atoms with Crippen LogP contribution in [0.2, 0.25) is 5.15 Å². The van der Waals surface area contributed by atoms with E-state index in [9.17, 15) is 8.42 Å². The summed E-state index contributed by atoms with van der Waals surface area (Å²) in [6.45, 7) is 1.22. The van der Waals surface area contributed by atoms with Crippen LogP contribution in [-0.4, -0.2) is 35.4 Å². The summed E-state index contributed by atoms with van der Waals surface area (Å²) >= 11 is 6.04. The number of sulfonamides is 1. The predicted octanol–water partition coefficient (Wildman–Crippen LogP) is 2.27. The molecule has 0 amide bonds. The van der Waals surface area contributed by atoms with Crippen molar-refractivity contribution in [3.8, 4) is 0 Å². The van der Waals surface area contributed by atoms with E-state index in [1.54, 1.807) is 11.4 Å². The Labute approximate surface area is 125 Å². The third-order valence-corrected chi connectivity index (χ3v) is 7.03. The van der Waals surface area contributed by atoms with Crippen molar-refractivity contribution in [3.63, 3.8) is 0 Å². The first-order valence-electron chi connectivity index (χ1n) is 7.17. The van der Waals surface area contributed by atoms with E-state index in [1.165, 1.54) is 30.2 Å². The normalized spacial score (nSPS) is 28.3. The van der Waals surface area contributed by atoms with Gasteiger partial charge >= 0.3 is 0 Å². The number of imidazole rings is 1. The molecule has 1 aromatic rings. The van der Waals surface area contributed by atoms with E-state index < -0.39 is 10.0 Å². The van der Waals surface area contributed by atoms with E-state index in [0.717, 1.165) is 12.8 Å². The summed E-state index contributed by atoms with van der Waals surface area (Å²) in [5.41, 5.74) is 0. The number of fused-ring (bicyclic) bond motifs is 1. The Hall–Kier alpha value is -0.590. The van der Waals surface area contributed by atoms with Gasteiger partial charge in [0.15, 0.2) is 0 Å². The first-order chi connectivity index (χ1) is 9.50. The summed E-state index contributed by atoms with van der Waals surface area (Å²) in [6, 6.07) is 0. The molecule has 0 radical (unpaired) electrons. The molecule has 3 rings (SSSR count). The van der Waals surface area contributed by atoms with Crippen LogP contribution in [0.4, 0.5) is 0 Å². The van der Waals surface area contributed by atoms with Crippen LogP contribution in [0, 0.1) is 11.8 Å². The molecule has 1 saturated carbocycles. The topological polar surface area (TPSA) is 55.2 Å². The molecule has 112 valence electrons. The van der Waals surface area contributed by atoms with Crippen LogP contribution in [-0.2, 0) is 17.1 Å². The van der Waals surface area contributed by atoms with Crippen LogP contribution in [0.25, 0.3) is 0 Å². The van der Waals surface area contributed by atoms with Crippen molar-refractivity contribution in [1.29, 1.82) is 0 Å². The lowest BCUT2D eigenvalue weighted by molar-refractivity contribution is 0.136. The number of aryl methyl sites for hydroxylation is 1. The van der Waals surface area contributed by atoms with E-state index in [4.69, 9.17) is 11.6 Å². The van der Waals surface area contributed by atoms with Gasteiger partial charge in [-0.05, 0) is 24.7 Å². The van der Waals surface area contributed by atoms with Gasteiger partial charge in [0, 0.05) is 20.1 Å². The molecule has 0 bridgehead atoms. The highest BCUT2D eigenvalue weighted by atomic mass is 35.5. The largest absolute Gasteiger partial charge is 0.324 e. The number of rotatable bonds is 2. The fraction of sp³-hybridized carbons (Fsp3) is 0.769. The van der Waals surface area contributed by atoms with E-state index in [2.05, 4.69) is 4.98 Å². The number of hydrogen-bond donors (Lipinski definition) is 0. The van der Waals surface area contributed by atoms with Gasteiger partial charge in [-0.25, -0.2) is 13.4 Å². The second kappa shape index (κ2) is 5.31. The molecule has 0 aromatic carbocycles. The van der Waals surface area contributed by atoms with Gasteiger partial charge in [0.05, 0.1) is 6.33 Å². The zero-order valence-corrected chi connectivity index (χ0v) is 13.2. The smallest absolute Gasteiger partial charge is 0.263 e. The van der Waals surface area contributed by atoms with Gasteiger partial charge in [-0.3, -0.25) is 0 Å².